The zero-order valence-corrected chi connectivity index (χ0v) is 21.4. The van der Waals surface area contributed by atoms with E-state index in [4.69, 9.17) is 11.6 Å². The van der Waals surface area contributed by atoms with Gasteiger partial charge in [0.15, 0.2) is 0 Å². The number of carbonyl (C=O) groups is 3. The van der Waals surface area contributed by atoms with Gasteiger partial charge in [-0.15, -0.1) is 0 Å². The molecular weight excluding hydrogens is 490 g/mol. The Balaban J connectivity index is 1.35. The standard InChI is InChI=1S/C25H28ClN3O5S/c1-25(2,3)35(33,34)28-18-7-4-15(5-8-18)22(30)27-17-9-11-19(12-10-17)29-23(31)20-13-6-16(26)14-21(20)24(29)32/h6,9-15,18,28H,4-5,7-8H2,1-3H3,(H,27,30). The molecule has 8 nitrogen and oxygen atoms in total. The summed E-state index contributed by atoms with van der Waals surface area (Å²) in [6.45, 7) is 4.97. The summed E-state index contributed by atoms with van der Waals surface area (Å²) in [5.41, 5.74) is 1.52. The topological polar surface area (TPSA) is 113 Å². The Morgan fingerprint density at radius 2 is 1.54 bits per heavy atom. The van der Waals surface area contributed by atoms with Gasteiger partial charge in [0.05, 0.1) is 21.6 Å². The Bertz CT molecular complexity index is 1280. The quantitative estimate of drug-likeness (QED) is 0.572. The molecule has 0 bridgehead atoms. The van der Waals surface area contributed by atoms with Gasteiger partial charge in [-0.3, -0.25) is 14.4 Å². The largest absolute Gasteiger partial charge is 0.326 e. The summed E-state index contributed by atoms with van der Waals surface area (Å²) in [5.74, 6) is -1.21. The Labute approximate surface area is 210 Å². The summed E-state index contributed by atoms with van der Waals surface area (Å²) in [6.07, 6.45) is 2.35. The summed E-state index contributed by atoms with van der Waals surface area (Å²) < 4.78 is 26.6. The molecule has 0 unspecified atom stereocenters. The number of halogens is 1. The molecule has 10 heteroatoms. The van der Waals surface area contributed by atoms with Gasteiger partial charge in [0, 0.05) is 22.7 Å². The monoisotopic (exact) mass is 517 g/mol. The first-order chi connectivity index (χ1) is 16.4. The number of anilines is 2. The molecule has 0 aromatic heterocycles. The van der Waals surface area contributed by atoms with E-state index in [9.17, 15) is 22.8 Å². The van der Waals surface area contributed by atoms with Crippen LogP contribution in [0.2, 0.25) is 5.02 Å². The lowest BCUT2D eigenvalue weighted by Crippen LogP contribution is -2.46. The second-order valence-electron chi connectivity index (χ2n) is 9.95. The maximum absolute atomic E-state index is 12.8. The Kier molecular flexibility index (Phi) is 6.78. The molecular formula is C25H28ClN3O5S. The summed E-state index contributed by atoms with van der Waals surface area (Å²) >= 11 is 5.96. The third-order valence-corrected chi connectivity index (χ3v) is 8.96. The predicted molar refractivity (Wildman–Crippen MR) is 135 cm³/mol. The van der Waals surface area contributed by atoms with Crippen LogP contribution in [-0.2, 0) is 14.8 Å². The van der Waals surface area contributed by atoms with Crippen LogP contribution in [0.4, 0.5) is 11.4 Å². The number of carbonyl (C=O) groups excluding carboxylic acids is 3. The minimum atomic E-state index is -3.43. The van der Waals surface area contributed by atoms with Crippen molar-refractivity contribution in [3.8, 4) is 0 Å². The second kappa shape index (κ2) is 9.37. The lowest BCUT2D eigenvalue weighted by Gasteiger charge is -2.30. The highest BCUT2D eigenvalue weighted by atomic mass is 35.5. The van der Waals surface area contributed by atoms with Crippen molar-refractivity contribution in [3.63, 3.8) is 0 Å². The average molecular weight is 518 g/mol. The highest BCUT2D eigenvalue weighted by Crippen LogP contribution is 2.31. The highest BCUT2D eigenvalue weighted by molar-refractivity contribution is 7.90. The van der Waals surface area contributed by atoms with Crippen molar-refractivity contribution >= 4 is 50.7 Å². The number of nitrogens with one attached hydrogen (secondary N) is 2. The van der Waals surface area contributed by atoms with Crippen molar-refractivity contribution < 1.29 is 22.8 Å². The smallest absolute Gasteiger partial charge is 0.266 e. The van der Waals surface area contributed by atoms with E-state index < -0.39 is 26.6 Å². The minimum Gasteiger partial charge on any atom is -0.326 e. The van der Waals surface area contributed by atoms with E-state index in [0.717, 1.165) is 4.90 Å². The number of nitrogens with zero attached hydrogens (tertiary/aromatic N) is 1. The lowest BCUT2D eigenvalue weighted by atomic mass is 9.86. The normalized spacial score (nSPS) is 20.6. The number of hydrogen-bond donors (Lipinski definition) is 2. The third kappa shape index (κ3) is 5.12. The van der Waals surface area contributed by atoms with Gasteiger partial charge < -0.3 is 5.32 Å². The fraction of sp³-hybridized carbons (Fsp3) is 0.400. The molecule has 1 fully saturated rings. The van der Waals surface area contributed by atoms with E-state index in [1.54, 1.807) is 51.1 Å². The molecule has 2 aliphatic rings. The van der Waals surface area contributed by atoms with Crippen LogP contribution >= 0.6 is 11.6 Å². The maximum Gasteiger partial charge on any atom is 0.266 e. The van der Waals surface area contributed by atoms with Gasteiger partial charge in [-0.2, -0.15) is 0 Å². The van der Waals surface area contributed by atoms with Gasteiger partial charge >= 0.3 is 0 Å². The molecule has 1 heterocycles. The SMILES string of the molecule is CC(C)(C)S(=O)(=O)NC1CCC(C(=O)Nc2ccc(N3C(=O)c4ccc(Cl)cc4C3=O)cc2)CC1. The van der Waals surface area contributed by atoms with Gasteiger partial charge in [-0.1, -0.05) is 11.6 Å². The van der Waals surface area contributed by atoms with E-state index in [0.29, 0.717) is 47.6 Å². The van der Waals surface area contributed by atoms with E-state index in [-0.39, 0.29) is 23.4 Å². The highest BCUT2D eigenvalue weighted by Gasteiger charge is 2.37. The minimum absolute atomic E-state index is 0.134. The predicted octanol–water partition coefficient (Wildman–Crippen LogP) is 4.36. The first-order valence-corrected chi connectivity index (χ1v) is 13.3. The van der Waals surface area contributed by atoms with E-state index >= 15 is 0 Å². The number of amides is 3. The third-order valence-electron chi connectivity index (χ3n) is 6.47. The van der Waals surface area contributed by atoms with Gasteiger partial charge in [-0.25, -0.2) is 18.0 Å². The zero-order chi connectivity index (χ0) is 25.5. The van der Waals surface area contributed by atoms with Crippen LogP contribution in [0.25, 0.3) is 0 Å². The molecule has 0 atom stereocenters. The molecule has 2 N–H and O–H groups in total. The average Bonchev–Trinajstić information content (AvgIpc) is 3.03. The molecule has 35 heavy (non-hydrogen) atoms. The zero-order valence-electron chi connectivity index (χ0n) is 19.8. The Hall–Kier alpha value is -2.75. The van der Waals surface area contributed by atoms with E-state index in [2.05, 4.69) is 10.0 Å². The Morgan fingerprint density at radius 3 is 2.14 bits per heavy atom. The summed E-state index contributed by atoms with van der Waals surface area (Å²) in [6, 6.07) is 10.9. The summed E-state index contributed by atoms with van der Waals surface area (Å²) in [7, 11) is -3.43. The number of fused-ring (bicyclic) bond motifs is 1. The lowest BCUT2D eigenvalue weighted by molar-refractivity contribution is -0.120. The maximum atomic E-state index is 12.8. The van der Waals surface area contributed by atoms with Crippen LogP contribution in [0.5, 0.6) is 0 Å². The van der Waals surface area contributed by atoms with Gasteiger partial charge in [-0.05, 0) is 88.9 Å². The van der Waals surface area contributed by atoms with Crippen molar-refractivity contribution in [1.82, 2.24) is 4.72 Å². The molecule has 1 saturated carbocycles. The van der Waals surface area contributed by atoms with Gasteiger partial charge in [0.2, 0.25) is 15.9 Å². The van der Waals surface area contributed by atoms with Crippen LogP contribution in [0, 0.1) is 5.92 Å². The van der Waals surface area contributed by atoms with Crippen LogP contribution < -0.4 is 14.9 Å². The number of sulfonamides is 1. The Morgan fingerprint density at radius 1 is 0.943 bits per heavy atom. The van der Waals surface area contributed by atoms with Crippen molar-refractivity contribution in [2.45, 2.75) is 57.2 Å². The molecule has 3 amide bonds. The number of rotatable bonds is 5. The summed E-state index contributed by atoms with van der Waals surface area (Å²) in [5, 5.41) is 3.26. The van der Waals surface area contributed by atoms with E-state index in [1.165, 1.54) is 12.1 Å². The van der Waals surface area contributed by atoms with Crippen molar-refractivity contribution in [2.75, 3.05) is 10.2 Å². The van der Waals surface area contributed by atoms with Crippen LogP contribution in [0.1, 0.15) is 67.2 Å². The van der Waals surface area contributed by atoms with Crippen molar-refractivity contribution in [3.05, 3.63) is 58.6 Å². The fourth-order valence-electron chi connectivity index (χ4n) is 4.26. The molecule has 0 radical (unpaired) electrons. The van der Waals surface area contributed by atoms with Crippen LogP contribution in [-0.4, -0.2) is 36.9 Å². The molecule has 2 aromatic rings. The number of imide groups is 1. The fourth-order valence-corrected chi connectivity index (χ4v) is 5.46. The van der Waals surface area contributed by atoms with Gasteiger partial charge in [0.1, 0.15) is 0 Å². The molecule has 1 aliphatic heterocycles. The molecule has 0 spiro atoms. The first-order valence-electron chi connectivity index (χ1n) is 11.5. The van der Waals surface area contributed by atoms with Crippen molar-refractivity contribution in [1.29, 1.82) is 0 Å². The molecule has 1 aliphatic carbocycles. The molecule has 2 aromatic carbocycles. The molecule has 0 saturated heterocycles. The second-order valence-corrected chi connectivity index (χ2v) is 12.9. The first kappa shape index (κ1) is 25.3. The van der Waals surface area contributed by atoms with Gasteiger partial charge in [0.25, 0.3) is 11.8 Å². The van der Waals surface area contributed by atoms with E-state index in [1.807, 2.05) is 0 Å². The van der Waals surface area contributed by atoms with Crippen molar-refractivity contribution in [2.24, 2.45) is 5.92 Å². The number of benzene rings is 2. The molecule has 186 valence electrons. The van der Waals surface area contributed by atoms with Crippen LogP contribution in [0.15, 0.2) is 42.5 Å². The molecule has 4 rings (SSSR count). The van der Waals surface area contributed by atoms with Crippen LogP contribution in [0.3, 0.4) is 0 Å². The number of hydrogen-bond acceptors (Lipinski definition) is 5. The summed E-state index contributed by atoms with van der Waals surface area (Å²) in [4.78, 5) is 39.3.